The van der Waals surface area contributed by atoms with Crippen molar-refractivity contribution in [3.05, 3.63) is 31.1 Å². The van der Waals surface area contributed by atoms with E-state index in [4.69, 9.17) is 9.47 Å². The van der Waals surface area contributed by atoms with Gasteiger partial charge in [0.05, 0.1) is 19.7 Å². The van der Waals surface area contributed by atoms with Crippen LogP contribution >= 0.6 is 0 Å². The summed E-state index contributed by atoms with van der Waals surface area (Å²) in [5.41, 5.74) is 0.748. The highest BCUT2D eigenvalue weighted by Crippen LogP contribution is 2.32. The van der Waals surface area contributed by atoms with Crippen LogP contribution in [0.3, 0.4) is 0 Å². The first kappa shape index (κ1) is 11.4. The molecule has 0 radical (unpaired) electrons. The van der Waals surface area contributed by atoms with Gasteiger partial charge in [-0.25, -0.2) is 19.6 Å². The molecule has 2 aromatic heterocycles. The maximum Gasteiger partial charge on any atom is 0.166 e. The molecule has 3 rings (SSSR count). The summed E-state index contributed by atoms with van der Waals surface area (Å²) in [6, 6.07) is 3.63. The van der Waals surface area contributed by atoms with E-state index in [1.54, 1.807) is 31.3 Å². The number of hydrogen-bond acceptors (Lipinski definition) is 6. The normalized spacial score (nSPS) is 10.6. The third-order valence-corrected chi connectivity index (χ3v) is 2.76. The maximum absolute atomic E-state index is 5.29. The monoisotopic (exact) mass is 257 g/mol. The van der Waals surface area contributed by atoms with Gasteiger partial charge in [-0.05, 0) is 6.07 Å². The minimum atomic E-state index is 0.617. The zero-order chi connectivity index (χ0) is 13.2. The lowest BCUT2D eigenvalue weighted by molar-refractivity contribution is 0.355. The highest BCUT2D eigenvalue weighted by atomic mass is 16.5. The molecule has 0 saturated carbocycles. The highest BCUT2D eigenvalue weighted by molar-refractivity contribution is 5.88. The molecule has 0 fully saturated rings. The van der Waals surface area contributed by atoms with Crippen molar-refractivity contribution in [3.63, 3.8) is 0 Å². The van der Waals surface area contributed by atoms with Crippen molar-refractivity contribution in [2.75, 3.05) is 14.2 Å². The van der Waals surface area contributed by atoms with E-state index in [0.29, 0.717) is 17.3 Å². The number of benzene rings is 1. The first-order valence-electron chi connectivity index (χ1n) is 5.55. The number of nitrogens with zero attached hydrogens (tertiary/aromatic N) is 5. The molecule has 96 valence electrons. The van der Waals surface area contributed by atoms with Gasteiger partial charge in [-0.3, -0.25) is 0 Å². The summed E-state index contributed by atoms with van der Waals surface area (Å²) < 4.78 is 12.1. The molecular formula is C12H11N5O2. The summed E-state index contributed by atoms with van der Waals surface area (Å²) in [6.07, 6.45) is 4.51. The third kappa shape index (κ3) is 1.85. The number of aromatic nitrogens is 5. The second-order valence-corrected chi connectivity index (χ2v) is 3.76. The van der Waals surface area contributed by atoms with Gasteiger partial charge in [-0.1, -0.05) is 0 Å². The van der Waals surface area contributed by atoms with Crippen LogP contribution in [-0.2, 0) is 0 Å². The van der Waals surface area contributed by atoms with Crippen LogP contribution in [0.5, 0.6) is 11.5 Å². The first-order chi connectivity index (χ1) is 9.33. The Morgan fingerprint density at radius 1 is 1.00 bits per heavy atom. The molecule has 3 aromatic rings. The number of methoxy groups -OCH3 is 2. The third-order valence-electron chi connectivity index (χ3n) is 2.76. The summed E-state index contributed by atoms with van der Waals surface area (Å²) in [4.78, 5) is 12.4. The minimum Gasteiger partial charge on any atom is -0.493 e. The second kappa shape index (κ2) is 4.52. The molecule has 0 aliphatic heterocycles. The molecule has 0 amide bonds. The zero-order valence-corrected chi connectivity index (χ0v) is 10.4. The van der Waals surface area contributed by atoms with E-state index >= 15 is 0 Å². The van der Waals surface area contributed by atoms with Gasteiger partial charge in [0, 0.05) is 11.5 Å². The van der Waals surface area contributed by atoms with Crippen molar-refractivity contribution >= 4 is 10.9 Å². The van der Waals surface area contributed by atoms with Gasteiger partial charge < -0.3 is 9.47 Å². The lowest BCUT2D eigenvalue weighted by atomic mass is 10.2. The smallest absolute Gasteiger partial charge is 0.166 e. The highest BCUT2D eigenvalue weighted by Gasteiger charge is 2.12. The fourth-order valence-corrected chi connectivity index (χ4v) is 1.87. The van der Waals surface area contributed by atoms with Crippen LogP contribution in [0.2, 0.25) is 0 Å². The van der Waals surface area contributed by atoms with Gasteiger partial charge in [0.25, 0.3) is 0 Å². The topological polar surface area (TPSA) is 75.0 Å². The van der Waals surface area contributed by atoms with E-state index < -0.39 is 0 Å². The van der Waals surface area contributed by atoms with Crippen LogP contribution in [0.1, 0.15) is 0 Å². The molecule has 7 nitrogen and oxygen atoms in total. The average molecular weight is 257 g/mol. The number of hydrogen-bond donors (Lipinski definition) is 0. The quantitative estimate of drug-likeness (QED) is 0.702. The van der Waals surface area contributed by atoms with Crippen LogP contribution in [0, 0.1) is 0 Å². The van der Waals surface area contributed by atoms with Gasteiger partial charge in [0.15, 0.2) is 17.3 Å². The Hall–Kier alpha value is -2.70. The molecular weight excluding hydrogens is 246 g/mol. The molecule has 0 spiro atoms. The molecule has 0 aliphatic carbocycles. The fourth-order valence-electron chi connectivity index (χ4n) is 1.87. The first-order valence-corrected chi connectivity index (χ1v) is 5.55. The molecule has 7 heteroatoms. The van der Waals surface area contributed by atoms with Crippen LogP contribution < -0.4 is 9.47 Å². The minimum absolute atomic E-state index is 0.617. The molecule has 0 N–H and O–H groups in total. The van der Waals surface area contributed by atoms with Crippen molar-refractivity contribution in [1.29, 1.82) is 0 Å². The number of rotatable bonds is 3. The van der Waals surface area contributed by atoms with E-state index in [0.717, 1.165) is 10.9 Å². The lowest BCUT2D eigenvalue weighted by Crippen LogP contribution is -2.01. The molecule has 0 atom stereocenters. The van der Waals surface area contributed by atoms with Crippen molar-refractivity contribution in [3.8, 4) is 17.3 Å². The summed E-state index contributed by atoms with van der Waals surface area (Å²) in [6.45, 7) is 0. The Morgan fingerprint density at radius 3 is 2.47 bits per heavy atom. The van der Waals surface area contributed by atoms with Crippen molar-refractivity contribution < 1.29 is 9.47 Å². The van der Waals surface area contributed by atoms with Crippen LogP contribution in [0.4, 0.5) is 0 Å². The largest absolute Gasteiger partial charge is 0.493 e. The predicted molar refractivity (Wildman–Crippen MR) is 67.6 cm³/mol. The average Bonchev–Trinajstić information content (AvgIpc) is 2.99. The summed E-state index contributed by atoms with van der Waals surface area (Å²) in [5.74, 6) is 1.88. The fraction of sp³-hybridized carbons (Fsp3) is 0.167. The zero-order valence-electron chi connectivity index (χ0n) is 10.4. The second-order valence-electron chi connectivity index (χ2n) is 3.76. The number of fused-ring (bicyclic) bond motifs is 1. The molecule has 0 saturated heterocycles. The Bertz CT molecular complexity index is 711. The van der Waals surface area contributed by atoms with Crippen LogP contribution in [-0.4, -0.2) is 39.0 Å². The van der Waals surface area contributed by atoms with E-state index in [1.807, 2.05) is 6.07 Å². The van der Waals surface area contributed by atoms with Crippen molar-refractivity contribution in [2.45, 2.75) is 0 Å². The van der Waals surface area contributed by atoms with Gasteiger partial charge >= 0.3 is 0 Å². The molecule has 0 bridgehead atoms. The predicted octanol–water partition coefficient (Wildman–Crippen LogP) is 1.23. The Kier molecular flexibility index (Phi) is 2.71. The molecule has 0 unspecified atom stereocenters. The summed E-state index contributed by atoms with van der Waals surface area (Å²) in [5, 5.41) is 4.89. The van der Waals surface area contributed by atoms with Gasteiger partial charge in [-0.15, -0.1) is 0 Å². The molecule has 0 aliphatic rings. The Morgan fingerprint density at radius 2 is 1.79 bits per heavy atom. The Labute approximate surface area is 108 Å². The van der Waals surface area contributed by atoms with Gasteiger partial charge in [0.1, 0.15) is 19.0 Å². The Balaban J connectivity index is 2.30. The standard InChI is InChI=1S/C12H11N5O2/c1-18-10-3-8-9(4-11(10)19-2)14-6-15-12(8)17-7-13-5-16-17/h3-7H,1-2H3. The maximum atomic E-state index is 5.29. The lowest BCUT2D eigenvalue weighted by Gasteiger charge is -2.10. The van der Waals surface area contributed by atoms with Gasteiger partial charge in [0.2, 0.25) is 0 Å². The summed E-state index contributed by atoms with van der Waals surface area (Å²) in [7, 11) is 3.17. The van der Waals surface area contributed by atoms with Crippen molar-refractivity contribution in [1.82, 2.24) is 24.7 Å². The molecule has 1 aromatic carbocycles. The SMILES string of the molecule is COc1cc2ncnc(-n3cncn3)c2cc1OC. The van der Waals surface area contributed by atoms with E-state index in [-0.39, 0.29) is 0 Å². The molecule has 2 heterocycles. The van der Waals surface area contributed by atoms with E-state index in [1.165, 1.54) is 12.7 Å². The van der Waals surface area contributed by atoms with E-state index in [9.17, 15) is 0 Å². The van der Waals surface area contributed by atoms with Crippen molar-refractivity contribution in [2.24, 2.45) is 0 Å². The van der Waals surface area contributed by atoms with E-state index in [2.05, 4.69) is 20.1 Å². The van der Waals surface area contributed by atoms with Crippen LogP contribution in [0.25, 0.3) is 16.7 Å². The summed E-state index contributed by atoms with van der Waals surface area (Å²) >= 11 is 0. The van der Waals surface area contributed by atoms with Gasteiger partial charge in [-0.2, -0.15) is 5.10 Å². The molecule has 19 heavy (non-hydrogen) atoms. The number of ether oxygens (including phenoxy) is 2. The van der Waals surface area contributed by atoms with Crippen LogP contribution in [0.15, 0.2) is 31.1 Å².